The highest BCUT2D eigenvalue weighted by molar-refractivity contribution is 8.14. The fourth-order valence-electron chi connectivity index (χ4n) is 2.06. The molecule has 0 bridgehead atoms. The molecular formula is C19H22N2O3S. The number of nitrogens with one attached hydrogen (secondary N) is 1. The molecule has 2 aromatic rings. The van der Waals surface area contributed by atoms with Crippen molar-refractivity contribution in [3.05, 3.63) is 66.0 Å². The van der Waals surface area contributed by atoms with Gasteiger partial charge in [0.1, 0.15) is 5.60 Å². The van der Waals surface area contributed by atoms with E-state index in [-0.39, 0.29) is 16.9 Å². The molecule has 1 N–H and O–H groups in total. The Bertz CT molecular complexity index is 700. The van der Waals surface area contributed by atoms with E-state index >= 15 is 0 Å². The van der Waals surface area contributed by atoms with E-state index in [1.54, 1.807) is 45.3 Å². The summed E-state index contributed by atoms with van der Waals surface area (Å²) in [4.78, 5) is 28.5. The number of benzene rings is 1. The van der Waals surface area contributed by atoms with Gasteiger partial charge in [-0.2, -0.15) is 0 Å². The number of pyridine rings is 1. The van der Waals surface area contributed by atoms with Crippen molar-refractivity contribution in [2.24, 2.45) is 0 Å². The predicted molar refractivity (Wildman–Crippen MR) is 99.6 cm³/mol. The Morgan fingerprint density at radius 1 is 1.16 bits per heavy atom. The van der Waals surface area contributed by atoms with Gasteiger partial charge in [0, 0.05) is 24.5 Å². The molecule has 0 aliphatic carbocycles. The second-order valence-corrected chi connectivity index (χ2v) is 7.60. The van der Waals surface area contributed by atoms with Crippen LogP contribution in [0.25, 0.3) is 0 Å². The number of nitrogens with zero attached hydrogens (tertiary/aromatic N) is 1. The summed E-state index contributed by atoms with van der Waals surface area (Å²) in [6, 6.07) is 12.8. The molecule has 1 amide bonds. The Morgan fingerprint density at radius 2 is 1.88 bits per heavy atom. The number of rotatable bonds is 5. The van der Waals surface area contributed by atoms with E-state index in [1.165, 1.54) is 0 Å². The lowest BCUT2D eigenvalue weighted by molar-refractivity contribution is 0.0527. The van der Waals surface area contributed by atoms with Crippen molar-refractivity contribution in [2.75, 3.05) is 6.54 Å². The van der Waals surface area contributed by atoms with Crippen LogP contribution in [0.1, 0.15) is 41.9 Å². The lowest BCUT2D eigenvalue weighted by Crippen LogP contribution is -2.34. The zero-order valence-electron chi connectivity index (χ0n) is 14.6. The third-order valence-corrected chi connectivity index (χ3v) is 4.32. The van der Waals surface area contributed by atoms with Crippen molar-refractivity contribution in [1.29, 1.82) is 0 Å². The second-order valence-electron chi connectivity index (χ2n) is 6.43. The normalized spacial score (nSPS) is 12.3. The fraction of sp³-hybridized carbons (Fsp3) is 0.316. The van der Waals surface area contributed by atoms with Gasteiger partial charge in [-0.25, -0.2) is 4.79 Å². The van der Waals surface area contributed by atoms with Crippen molar-refractivity contribution in [3.8, 4) is 0 Å². The molecule has 0 fully saturated rings. The van der Waals surface area contributed by atoms with Gasteiger partial charge in [-0.1, -0.05) is 48.2 Å². The number of carbonyl (C=O) groups is 2. The van der Waals surface area contributed by atoms with E-state index in [4.69, 9.17) is 4.74 Å². The van der Waals surface area contributed by atoms with Gasteiger partial charge in [-0.3, -0.25) is 9.78 Å². The minimum absolute atomic E-state index is 0.0551. The molecule has 0 radical (unpaired) electrons. The fourth-order valence-corrected chi connectivity index (χ4v) is 3.03. The summed E-state index contributed by atoms with van der Waals surface area (Å²) in [7, 11) is 0. The van der Waals surface area contributed by atoms with Crippen LogP contribution in [0.3, 0.4) is 0 Å². The molecule has 1 aromatic heterocycles. The van der Waals surface area contributed by atoms with E-state index in [1.807, 2.05) is 30.3 Å². The molecule has 1 heterocycles. The first-order valence-electron chi connectivity index (χ1n) is 7.98. The molecule has 132 valence electrons. The quantitative estimate of drug-likeness (QED) is 0.867. The predicted octanol–water partition coefficient (Wildman–Crippen LogP) is 4.22. The zero-order valence-corrected chi connectivity index (χ0v) is 15.4. The number of alkyl carbamates (subject to hydrolysis) is 1. The largest absolute Gasteiger partial charge is 0.444 e. The summed E-state index contributed by atoms with van der Waals surface area (Å²) in [6.45, 7) is 5.68. The van der Waals surface area contributed by atoms with E-state index < -0.39 is 11.7 Å². The third-order valence-electron chi connectivity index (χ3n) is 3.15. The van der Waals surface area contributed by atoms with Gasteiger partial charge in [0.05, 0.1) is 5.25 Å². The Labute approximate surface area is 152 Å². The standard InChI is InChI=1S/C19H22N2O3S/c1-19(2,3)24-18(23)21-13-16(15-10-7-11-20-12-15)25-17(22)14-8-5-4-6-9-14/h4-12,16H,13H2,1-3H3,(H,21,23). The highest BCUT2D eigenvalue weighted by Gasteiger charge is 2.21. The average molecular weight is 358 g/mol. The number of aromatic nitrogens is 1. The number of amides is 1. The number of hydrogen-bond donors (Lipinski definition) is 1. The highest BCUT2D eigenvalue weighted by Crippen LogP contribution is 2.30. The summed E-state index contributed by atoms with van der Waals surface area (Å²) in [6.07, 6.45) is 2.87. The van der Waals surface area contributed by atoms with Crippen LogP contribution in [-0.4, -0.2) is 28.3 Å². The average Bonchev–Trinajstić information content (AvgIpc) is 2.58. The van der Waals surface area contributed by atoms with Crippen LogP contribution >= 0.6 is 11.8 Å². The smallest absolute Gasteiger partial charge is 0.407 e. The van der Waals surface area contributed by atoms with Crippen molar-refractivity contribution in [1.82, 2.24) is 10.3 Å². The maximum atomic E-state index is 12.5. The molecule has 0 saturated heterocycles. The van der Waals surface area contributed by atoms with E-state index in [9.17, 15) is 9.59 Å². The number of hydrogen-bond acceptors (Lipinski definition) is 5. The van der Waals surface area contributed by atoms with E-state index in [2.05, 4.69) is 10.3 Å². The van der Waals surface area contributed by atoms with Gasteiger partial charge < -0.3 is 10.1 Å². The maximum Gasteiger partial charge on any atom is 0.407 e. The zero-order chi connectivity index (χ0) is 18.3. The van der Waals surface area contributed by atoms with Crippen LogP contribution in [0.4, 0.5) is 4.79 Å². The van der Waals surface area contributed by atoms with Crippen molar-refractivity contribution in [2.45, 2.75) is 31.6 Å². The lowest BCUT2D eigenvalue weighted by Gasteiger charge is -2.21. The van der Waals surface area contributed by atoms with Gasteiger partial charge >= 0.3 is 6.09 Å². The van der Waals surface area contributed by atoms with Crippen molar-refractivity contribution in [3.63, 3.8) is 0 Å². The highest BCUT2D eigenvalue weighted by atomic mass is 32.2. The summed E-state index contributed by atoms with van der Waals surface area (Å²) in [5, 5.41) is 2.42. The maximum absolute atomic E-state index is 12.5. The molecular weight excluding hydrogens is 336 g/mol. The Balaban J connectivity index is 2.06. The SMILES string of the molecule is CC(C)(C)OC(=O)NCC(SC(=O)c1ccccc1)c1cccnc1. The summed E-state index contributed by atoms with van der Waals surface area (Å²) in [5.74, 6) is 0. The summed E-state index contributed by atoms with van der Waals surface area (Å²) in [5.41, 5.74) is 0.924. The first-order valence-corrected chi connectivity index (χ1v) is 8.86. The lowest BCUT2D eigenvalue weighted by atomic mass is 10.2. The Kier molecular flexibility index (Phi) is 6.58. The molecule has 1 atom stereocenters. The minimum atomic E-state index is -0.569. The van der Waals surface area contributed by atoms with Gasteiger partial charge in [0.15, 0.2) is 0 Å². The number of carbonyl (C=O) groups excluding carboxylic acids is 2. The third kappa shape index (κ3) is 6.58. The van der Waals surface area contributed by atoms with E-state index in [0.717, 1.165) is 17.3 Å². The molecule has 2 rings (SSSR count). The van der Waals surface area contributed by atoms with Crippen molar-refractivity contribution >= 4 is 23.0 Å². The molecule has 1 unspecified atom stereocenters. The van der Waals surface area contributed by atoms with E-state index in [0.29, 0.717) is 5.56 Å². The topological polar surface area (TPSA) is 68.3 Å². The first-order chi connectivity index (χ1) is 11.8. The molecule has 0 spiro atoms. The molecule has 1 aromatic carbocycles. The van der Waals surface area contributed by atoms with Gasteiger partial charge in [0.2, 0.25) is 5.12 Å². The summed E-state index contributed by atoms with van der Waals surface area (Å²) < 4.78 is 5.25. The monoisotopic (exact) mass is 358 g/mol. The summed E-state index contributed by atoms with van der Waals surface area (Å²) >= 11 is 1.16. The minimum Gasteiger partial charge on any atom is -0.444 e. The van der Waals surface area contributed by atoms with Crippen LogP contribution in [-0.2, 0) is 4.74 Å². The van der Waals surface area contributed by atoms with Crippen LogP contribution in [0.15, 0.2) is 54.9 Å². The molecule has 0 saturated carbocycles. The Morgan fingerprint density at radius 3 is 2.48 bits per heavy atom. The molecule has 0 aliphatic rings. The molecule has 5 nitrogen and oxygen atoms in total. The number of ether oxygens (including phenoxy) is 1. The van der Waals surface area contributed by atoms with Crippen molar-refractivity contribution < 1.29 is 14.3 Å². The number of thioether (sulfide) groups is 1. The van der Waals surface area contributed by atoms with Crippen LogP contribution in [0.2, 0.25) is 0 Å². The second kappa shape index (κ2) is 8.67. The van der Waals surface area contributed by atoms with Gasteiger partial charge in [0.25, 0.3) is 0 Å². The van der Waals surface area contributed by atoms with Crippen LogP contribution in [0, 0.1) is 0 Å². The first kappa shape index (κ1) is 19.0. The van der Waals surface area contributed by atoms with Gasteiger partial charge in [-0.15, -0.1) is 0 Å². The molecule has 6 heteroatoms. The van der Waals surface area contributed by atoms with Gasteiger partial charge in [-0.05, 0) is 32.4 Å². The Hall–Kier alpha value is -2.34. The van der Waals surface area contributed by atoms with Crippen LogP contribution < -0.4 is 5.32 Å². The molecule has 25 heavy (non-hydrogen) atoms. The van der Waals surface area contributed by atoms with Crippen LogP contribution in [0.5, 0.6) is 0 Å². The molecule has 0 aliphatic heterocycles.